The van der Waals surface area contributed by atoms with Crippen molar-refractivity contribution in [2.75, 3.05) is 20.2 Å². The minimum atomic E-state index is -4.49. The first-order valence-corrected chi connectivity index (χ1v) is 9.97. The Kier molecular flexibility index (Phi) is 5.44. The molecule has 1 fully saturated rings. The van der Waals surface area contributed by atoms with Crippen LogP contribution in [0.3, 0.4) is 0 Å². The van der Waals surface area contributed by atoms with Gasteiger partial charge in [0.05, 0.1) is 23.8 Å². The fraction of sp³-hybridized carbons (Fsp3) is 0.455. The van der Waals surface area contributed by atoms with Gasteiger partial charge >= 0.3 is 6.18 Å². The van der Waals surface area contributed by atoms with Crippen LogP contribution >= 0.6 is 0 Å². The van der Waals surface area contributed by atoms with Crippen LogP contribution in [0.1, 0.15) is 46.8 Å². The number of hydrogen-bond acceptors (Lipinski definition) is 5. The second-order valence-corrected chi connectivity index (χ2v) is 7.90. The van der Waals surface area contributed by atoms with Crippen molar-refractivity contribution < 1.29 is 22.4 Å². The van der Waals surface area contributed by atoms with Gasteiger partial charge in [-0.2, -0.15) is 13.2 Å². The molecule has 2 aromatic heterocycles. The maximum absolute atomic E-state index is 13.7. The average molecular weight is 419 g/mol. The van der Waals surface area contributed by atoms with E-state index in [0.29, 0.717) is 18.8 Å². The summed E-state index contributed by atoms with van der Waals surface area (Å²) in [6.07, 6.45) is -2.86. The van der Waals surface area contributed by atoms with Gasteiger partial charge in [0.1, 0.15) is 5.75 Å². The molecule has 160 valence electrons. The fourth-order valence-electron chi connectivity index (χ4n) is 4.39. The Morgan fingerprint density at radius 2 is 2.07 bits per heavy atom. The number of pyridine rings is 1. The summed E-state index contributed by atoms with van der Waals surface area (Å²) in [6.45, 7) is 5.66. The number of rotatable bonds is 4. The number of benzene rings is 1. The monoisotopic (exact) mass is 419 g/mol. The van der Waals surface area contributed by atoms with E-state index in [1.807, 2.05) is 25.1 Å². The highest BCUT2D eigenvalue weighted by Crippen LogP contribution is 2.40. The van der Waals surface area contributed by atoms with E-state index in [1.54, 1.807) is 7.11 Å². The number of para-hydroxylation sites is 1. The van der Waals surface area contributed by atoms with Gasteiger partial charge in [0.2, 0.25) is 0 Å². The van der Waals surface area contributed by atoms with E-state index < -0.39 is 11.7 Å². The molecule has 0 radical (unpaired) electrons. The van der Waals surface area contributed by atoms with Gasteiger partial charge in [-0.15, -0.1) is 0 Å². The molecule has 1 atom stereocenters. The standard InChI is InChI=1S/C22H24F3N3O2/c1-13-6-4-7-16(20(13)29-3)12-28-9-5-8-15(11-28)19-18-17(22(23,24)25)10-14(2)26-21(18)30-27-19/h4,6-7,10,15H,5,8-9,11-12H2,1-3H3/t15-/m0/s1. The van der Waals surface area contributed by atoms with Crippen molar-refractivity contribution in [3.05, 3.63) is 52.3 Å². The Morgan fingerprint density at radius 1 is 1.27 bits per heavy atom. The van der Waals surface area contributed by atoms with Crippen molar-refractivity contribution >= 4 is 11.1 Å². The predicted octanol–water partition coefficient (Wildman–Crippen LogP) is 5.25. The molecular formula is C22H24F3N3O2. The largest absolute Gasteiger partial charge is 0.496 e. The third kappa shape index (κ3) is 3.88. The molecule has 5 nitrogen and oxygen atoms in total. The van der Waals surface area contributed by atoms with Crippen LogP contribution in [0.2, 0.25) is 0 Å². The smallest absolute Gasteiger partial charge is 0.417 e. The highest BCUT2D eigenvalue weighted by Gasteiger charge is 2.37. The number of fused-ring (bicyclic) bond motifs is 1. The molecule has 1 aliphatic heterocycles. The lowest BCUT2D eigenvalue weighted by molar-refractivity contribution is -0.136. The van der Waals surface area contributed by atoms with E-state index in [9.17, 15) is 13.2 Å². The number of piperidine rings is 1. The molecule has 4 rings (SSSR count). The number of ether oxygens (including phenoxy) is 1. The summed E-state index contributed by atoms with van der Waals surface area (Å²) in [5.74, 6) is 0.701. The summed E-state index contributed by atoms with van der Waals surface area (Å²) in [5.41, 5.74) is 1.97. The van der Waals surface area contributed by atoms with Gasteiger partial charge < -0.3 is 9.26 Å². The van der Waals surface area contributed by atoms with Crippen LogP contribution in [0.25, 0.3) is 11.1 Å². The predicted molar refractivity (Wildman–Crippen MR) is 107 cm³/mol. The molecule has 0 bridgehead atoms. The van der Waals surface area contributed by atoms with Gasteiger partial charge in [-0.1, -0.05) is 23.4 Å². The quantitative estimate of drug-likeness (QED) is 0.578. The van der Waals surface area contributed by atoms with Gasteiger partial charge in [0.25, 0.3) is 5.71 Å². The van der Waals surface area contributed by atoms with Crippen LogP contribution in [0, 0.1) is 13.8 Å². The van der Waals surface area contributed by atoms with Crippen LogP contribution in [0.4, 0.5) is 13.2 Å². The minimum Gasteiger partial charge on any atom is -0.496 e. The normalized spacial score (nSPS) is 18.1. The van der Waals surface area contributed by atoms with Crippen molar-refractivity contribution in [2.45, 2.75) is 45.3 Å². The van der Waals surface area contributed by atoms with Crippen molar-refractivity contribution in [3.8, 4) is 5.75 Å². The van der Waals surface area contributed by atoms with Crippen molar-refractivity contribution in [1.82, 2.24) is 15.0 Å². The molecule has 0 amide bonds. The number of likely N-dealkylation sites (tertiary alicyclic amines) is 1. The lowest BCUT2D eigenvalue weighted by Gasteiger charge is -2.32. The molecule has 1 aliphatic rings. The molecule has 0 N–H and O–H groups in total. The Labute approximate surface area is 172 Å². The molecule has 0 unspecified atom stereocenters. The molecule has 0 aliphatic carbocycles. The van der Waals surface area contributed by atoms with Crippen molar-refractivity contribution in [2.24, 2.45) is 0 Å². The third-order valence-corrected chi connectivity index (χ3v) is 5.69. The van der Waals surface area contributed by atoms with Gasteiger partial charge in [-0.3, -0.25) is 4.90 Å². The summed E-state index contributed by atoms with van der Waals surface area (Å²) in [6, 6.07) is 7.08. The van der Waals surface area contributed by atoms with E-state index in [2.05, 4.69) is 15.0 Å². The summed E-state index contributed by atoms with van der Waals surface area (Å²) in [7, 11) is 1.65. The molecule has 0 spiro atoms. The van der Waals surface area contributed by atoms with Crippen LogP contribution in [0.5, 0.6) is 5.75 Å². The molecule has 8 heteroatoms. The molecule has 1 saturated heterocycles. The van der Waals surface area contributed by atoms with Crippen LogP contribution < -0.4 is 4.74 Å². The SMILES string of the molecule is COc1c(C)cccc1CN1CCC[C@H](c2noc3nc(C)cc(C(F)(F)F)c23)C1. The van der Waals surface area contributed by atoms with Crippen LogP contribution in [-0.2, 0) is 12.7 Å². The maximum atomic E-state index is 13.7. The third-order valence-electron chi connectivity index (χ3n) is 5.69. The minimum absolute atomic E-state index is 0.00640. The lowest BCUT2D eigenvalue weighted by Crippen LogP contribution is -2.34. The molecular weight excluding hydrogens is 395 g/mol. The number of aromatic nitrogens is 2. The van der Waals surface area contributed by atoms with E-state index in [0.717, 1.165) is 42.3 Å². The number of halogens is 3. The van der Waals surface area contributed by atoms with Crippen molar-refractivity contribution in [3.63, 3.8) is 0 Å². The van der Waals surface area contributed by atoms with Crippen LogP contribution in [-0.4, -0.2) is 35.2 Å². The van der Waals surface area contributed by atoms with E-state index >= 15 is 0 Å². The second kappa shape index (κ2) is 7.91. The Bertz CT molecular complexity index is 1060. The van der Waals surface area contributed by atoms with E-state index in [4.69, 9.17) is 9.26 Å². The van der Waals surface area contributed by atoms with Gasteiger partial charge in [0.15, 0.2) is 0 Å². The van der Waals surface area contributed by atoms with Crippen LogP contribution in [0.15, 0.2) is 28.8 Å². The zero-order chi connectivity index (χ0) is 21.5. The number of hydrogen-bond donors (Lipinski definition) is 0. The Balaban J connectivity index is 1.65. The molecule has 0 saturated carbocycles. The first kappa shape index (κ1) is 20.7. The zero-order valence-corrected chi connectivity index (χ0v) is 17.2. The average Bonchev–Trinajstić information content (AvgIpc) is 3.10. The Hall–Kier alpha value is -2.61. The highest BCUT2D eigenvalue weighted by molar-refractivity contribution is 5.81. The number of alkyl halides is 3. The van der Waals surface area contributed by atoms with Gasteiger partial charge in [-0.05, 0) is 44.9 Å². The van der Waals surface area contributed by atoms with Gasteiger partial charge in [0, 0.05) is 30.3 Å². The number of nitrogens with zero attached hydrogens (tertiary/aromatic N) is 3. The zero-order valence-electron chi connectivity index (χ0n) is 17.2. The second-order valence-electron chi connectivity index (χ2n) is 7.90. The molecule has 1 aromatic carbocycles. The Morgan fingerprint density at radius 3 is 2.80 bits per heavy atom. The maximum Gasteiger partial charge on any atom is 0.417 e. The molecule has 30 heavy (non-hydrogen) atoms. The van der Waals surface area contributed by atoms with Gasteiger partial charge in [-0.25, -0.2) is 4.98 Å². The topological polar surface area (TPSA) is 51.4 Å². The lowest BCUT2D eigenvalue weighted by atomic mass is 9.91. The first-order chi connectivity index (χ1) is 14.3. The summed E-state index contributed by atoms with van der Waals surface area (Å²) in [5, 5.41) is 4.03. The van der Waals surface area contributed by atoms with Crippen molar-refractivity contribution in [1.29, 1.82) is 0 Å². The summed E-state index contributed by atoms with van der Waals surface area (Å²) in [4.78, 5) is 6.36. The number of methoxy groups -OCH3 is 1. The molecule has 3 heterocycles. The number of aryl methyl sites for hydroxylation is 2. The summed E-state index contributed by atoms with van der Waals surface area (Å²) >= 11 is 0. The highest BCUT2D eigenvalue weighted by atomic mass is 19.4. The fourth-order valence-corrected chi connectivity index (χ4v) is 4.39. The summed E-state index contributed by atoms with van der Waals surface area (Å²) < 4.78 is 51.8. The first-order valence-electron chi connectivity index (χ1n) is 9.97. The molecule has 3 aromatic rings. The van der Waals surface area contributed by atoms with E-state index in [-0.39, 0.29) is 22.7 Å². The van der Waals surface area contributed by atoms with E-state index in [1.165, 1.54) is 6.92 Å².